The van der Waals surface area contributed by atoms with E-state index in [2.05, 4.69) is 48.7 Å². The number of rotatable bonds is 8. The van der Waals surface area contributed by atoms with Gasteiger partial charge in [-0.15, -0.1) is 11.8 Å². The van der Waals surface area contributed by atoms with E-state index in [1.165, 1.54) is 11.8 Å². The smallest absolute Gasteiger partial charge is 0.135 e. The van der Waals surface area contributed by atoms with Gasteiger partial charge in [-0.05, 0) is 48.6 Å². The number of nitriles is 1. The number of amidine groups is 1. The summed E-state index contributed by atoms with van der Waals surface area (Å²) in [6, 6.07) is 7.80. The molecule has 1 atom stereocenters. The molecule has 6 N–H and O–H groups in total. The molecule has 3 rings (SSSR count). The molecule has 1 aromatic rings. The van der Waals surface area contributed by atoms with Gasteiger partial charge in [0.2, 0.25) is 0 Å². The minimum atomic E-state index is -0.0898. The molecule has 1 saturated carbocycles. The number of nitrogens with zero attached hydrogens (tertiary/aromatic N) is 2. The Balaban J connectivity index is 0.00000107. The maximum absolute atomic E-state index is 7.32. The SMILES string of the molecule is C=Cc1cc(N=C(N)C2=C(NC(N)C3CC3)C=CNC2=C)ccc1SC(C)C.CC#N. The van der Waals surface area contributed by atoms with Gasteiger partial charge in [-0.3, -0.25) is 0 Å². The summed E-state index contributed by atoms with van der Waals surface area (Å²) in [5, 5.41) is 14.3. The Labute approximate surface area is 189 Å². The predicted molar refractivity (Wildman–Crippen MR) is 132 cm³/mol. The summed E-state index contributed by atoms with van der Waals surface area (Å²) in [5.41, 5.74) is 16.8. The van der Waals surface area contributed by atoms with E-state index in [-0.39, 0.29) is 6.17 Å². The largest absolute Gasteiger partial charge is 0.383 e. The quantitative estimate of drug-likeness (QED) is 0.206. The van der Waals surface area contributed by atoms with Gasteiger partial charge < -0.3 is 22.1 Å². The molecular formula is C24H32N6S. The van der Waals surface area contributed by atoms with Crippen LogP contribution in [0, 0.1) is 17.2 Å². The Morgan fingerprint density at radius 3 is 2.68 bits per heavy atom. The highest BCUT2D eigenvalue weighted by Crippen LogP contribution is 2.32. The van der Waals surface area contributed by atoms with E-state index >= 15 is 0 Å². The van der Waals surface area contributed by atoms with E-state index in [4.69, 9.17) is 16.7 Å². The molecule has 0 saturated heterocycles. The predicted octanol–water partition coefficient (Wildman–Crippen LogP) is 4.52. The lowest BCUT2D eigenvalue weighted by molar-refractivity contribution is 0.528. The molecule has 7 heteroatoms. The molecule has 6 nitrogen and oxygen atoms in total. The summed E-state index contributed by atoms with van der Waals surface area (Å²) in [5.74, 6) is 0.913. The zero-order chi connectivity index (χ0) is 23.0. The van der Waals surface area contributed by atoms with Crippen molar-refractivity contribution in [1.29, 1.82) is 5.26 Å². The van der Waals surface area contributed by atoms with Gasteiger partial charge in [0.05, 0.1) is 23.5 Å². The van der Waals surface area contributed by atoms with Gasteiger partial charge in [0, 0.05) is 34.7 Å². The van der Waals surface area contributed by atoms with E-state index in [9.17, 15) is 0 Å². The van der Waals surface area contributed by atoms with Crippen LogP contribution in [0.2, 0.25) is 0 Å². The molecule has 164 valence electrons. The van der Waals surface area contributed by atoms with E-state index in [1.807, 2.05) is 30.5 Å². The van der Waals surface area contributed by atoms with Crippen LogP contribution in [0.1, 0.15) is 39.2 Å². The monoisotopic (exact) mass is 436 g/mol. The molecular weight excluding hydrogens is 404 g/mol. The lowest BCUT2D eigenvalue weighted by Gasteiger charge is -2.23. The summed E-state index contributed by atoms with van der Waals surface area (Å²) < 4.78 is 0. The average Bonchev–Trinajstić information content (AvgIpc) is 3.55. The van der Waals surface area contributed by atoms with Crippen molar-refractivity contribution in [2.75, 3.05) is 0 Å². The molecule has 2 aliphatic rings. The van der Waals surface area contributed by atoms with Crippen LogP contribution in [-0.4, -0.2) is 17.3 Å². The first-order valence-electron chi connectivity index (χ1n) is 10.3. The number of nitrogens with one attached hydrogen (secondary N) is 2. The number of benzene rings is 1. The molecule has 0 aromatic heterocycles. The molecule has 1 aliphatic carbocycles. The summed E-state index contributed by atoms with van der Waals surface area (Å²) in [6.45, 7) is 13.8. The second kappa shape index (κ2) is 11.4. The Bertz CT molecular complexity index is 947. The number of thioether (sulfide) groups is 1. The van der Waals surface area contributed by atoms with E-state index in [0.29, 0.717) is 22.7 Å². The summed E-state index contributed by atoms with van der Waals surface area (Å²) >= 11 is 1.80. The van der Waals surface area contributed by atoms with Crippen molar-refractivity contribution >= 4 is 29.4 Å². The Morgan fingerprint density at radius 2 is 2.10 bits per heavy atom. The van der Waals surface area contributed by atoms with Crippen LogP contribution in [0.5, 0.6) is 0 Å². The highest BCUT2D eigenvalue weighted by Gasteiger charge is 2.29. The van der Waals surface area contributed by atoms with Gasteiger partial charge in [-0.2, -0.15) is 5.26 Å². The third-order valence-electron chi connectivity index (χ3n) is 4.61. The van der Waals surface area contributed by atoms with Crippen LogP contribution in [0.3, 0.4) is 0 Å². The Hall–Kier alpha value is -2.95. The maximum Gasteiger partial charge on any atom is 0.135 e. The van der Waals surface area contributed by atoms with E-state index in [1.54, 1.807) is 17.8 Å². The lowest BCUT2D eigenvalue weighted by atomic mass is 10.1. The number of hydrogen-bond acceptors (Lipinski definition) is 6. The number of allylic oxidation sites excluding steroid dienone is 1. The fourth-order valence-corrected chi connectivity index (χ4v) is 3.96. The average molecular weight is 437 g/mol. The van der Waals surface area contributed by atoms with E-state index < -0.39 is 0 Å². The van der Waals surface area contributed by atoms with Crippen LogP contribution in [0.25, 0.3) is 6.08 Å². The second-order valence-electron chi connectivity index (χ2n) is 7.57. The minimum Gasteiger partial charge on any atom is -0.383 e. The van der Waals surface area contributed by atoms with Gasteiger partial charge >= 0.3 is 0 Å². The van der Waals surface area contributed by atoms with Crippen molar-refractivity contribution in [2.24, 2.45) is 22.4 Å². The molecule has 0 bridgehead atoms. The molecule has 1 aromatic carbocycles. The maximum atomic E-state index is 7.32. The molecule has 1 aliphatic heterocycles. The van der Waals surface area contributed by atoms with E-state index in [0.717, 1.165) is 35.4 Å². The second-order valence-corrected chi connectivity index (χ2v) is 9.18. The topological polar surface area (TPSA) is 112 Å². The zero-order valence-electron chi connectivity index (χ0n) is 18.5. The minimum absolute atomic E-state index is 0.0898. The van der Waals surface area contributed by atoms with Crippen LogP contribution in [-0.2, 0) is 0 Å². The molecule has 0 amide bonds. The van der Waals surface area contributed by atoms with Crippen molar-refractivity contribution in [3.63, 3.8) is 0 Å². The standard InChI is InChI=1S/C22H29N5S.C2H3N/c1-5-15-12-17(8-9-19(15)28-13(2)3)26-22(24)20-14(4)25-11-10-18(20)27-21(23)16-6-7-16;1-2-3/h5,8-13,16,21,25,27H,1,4,6-7,23H2,2-3H3,(H2,24,26);1H3. The van der Waals surface area contributed by atoms with Gasteiger partial charge in [0.1, 0.15) is 5.84 Å². The fraction of sp³-hybridized carbons (Fsp3) is 0.333. The van der Waals surface area contributed by atoms with Crippen LogP contribution >= 0.6 is 11.8 Å². The van der Waals surface area contributed by atoms with Crippen molar-refractivity contribution in [3.05, 3.63) is 66.2 Å². The zero-order valence-corrected chi connectivity index (χ0v) is 19.3. The molecule has 0 spiro atoms. The molecule has 1 unspecified atom stereocenters. The third kappa shape index (κ3) is 7.06. The third-order valence-corrected chi connectivity index (χ3v) is 5.71. The van der Waals surface area contributed by atoms with Crippen molar-refractivity contribution < 1.29 is 0 Å². The summed E-state index contributed by atoms with van der Waals surface area (Å²) in [7, 11) is 0. The van der Waals surface area contributed by atoms with Crippen LogP contribution in [0.4, 0.5) is 5.69 Å². The summed E-state index contributed by atoms with van der Waals surface area (Å²) in [4.78, 5) is 5.83. The Kier molecular flexibility index (Phi) is 8.98. The number of nitrogens with two attached hydrogens (primary N) is 2. The van der Waals surface area contributed by atoms with Crippen molar-refractivity contribution in [2.45, 2.75) is 49.9 Å². The fourth-order valence-electron chi connectivity index (χ4n) is 3.03. The van der Waals surface area contributed by atoms with Crippen LogP contribution < -0.4 is 22.1 Å². The number of hydrogen-bond donors (Lipinski definition) is 4. The highest BCUT2D eigenvalue weighted by atomic mass is 32.2. The van der Waals surface area contributed by atoms with Gasteiger partial charge in [0.15, 0.2) is 0 Å². The molecule has 1 fully saturated rings. The number of aliphatic imine (C=N–C) groups is 1. The normalized spacial score (nSPS) is 16.8. The Morgan fingerprint density at radius 1 is 1.42 bits per heavy atom. The number of dihydropyridines is 1. The molecule has 0 radical (unpaired) electrons. The van der Waals surface area contributed by atoms with Gasteiger partial charge in [-0.25, -0.2) is 4.99 Å². The van der Waals surface area contributed by atoms with Crippen molar-refractivity contribution in [1.82, 2.24) is 10.6 Å². The first-order chi connectivity index (χ1) is 14.8. The molecule has 1 heterocycles. The first-order valence-corrected chi connectivity index (χ1v) is 11.2. The first kappa shape index (κ1) is 24.3. The van der Waals surface area contributed by atoms with Crippen LogP contribution in [0.15, 0.2) is 70.5 Å². The van der Waals surface area contributed by atoms with Gasteiger partial charge in [-0.1, -0.05) is 33.1 Å². The summed E-state index contributed by atoms with van der Waals surface area (Å²) in [6.07, 6.45) is 7.84. The highest BCUT2D eigenvalue weighted by molar-refractivity contribution is 8.00. The lowest BCUT2D eigenvalue weighted by Crippen LogP contribution is -2.41. The van der Waals surface area contributed by atoms with Gasteiger partial charge in [0.25, 0.3) is 0 Å². The van der Waals surface area contributed by atoms with Crippen molar-refractivity contribution in [3.8, 4) is 6.07 Å². The molecule has 31 heavy (non-hydrogen) atoms.